The van der Waals surface area contributed by atoms with Crippen LogP contribution in [0.3, 0.4) is 0 Å². The summed E-state index contributed by atoms with van der Waals surface area (Å²) in [6, 6.07) is 9.99. The fraction of sp³-hybridized carbons (Fsp3) is 0.440. The maximum absolute atomic E-state index is 13.4. The van der Waals surface area contributed by atoms with E-state index in [1.165, 1.54) is 13.0 Å². The fourth-order valence-electron chi connectivity index (χ4n) is 4.97. The number of fused-ring (bicyclic) bond motifs is 1. The molecule has 9 heteroatoms. The Morgan fingerprint density at radius 1 is 1.18 bits per heavy atom. The molecule has 2 saturated heterocycles. The van der Waals surface area contributed by atoms with Gasteiger partial charge in [-0.25, -0.2) is 0 Å². The van der Waals surface area contributed by atoms with Crippen LogP contribution in [-0.4, -0.2) is 48.7 Å². The normalized spacial score (nSPS) is 21.9. The number of hydrogen-bond donors (Lipinski definition) is 1. The topological polar surface area (TPSA) is 59.5 Å². The number of ether oxygens (including phenoxy) is 2. The number of benzene rings is 2. The van der Waals surface area contributed by atoms with Crippen molar-refractivity contribution in [3.63, 3.8) is 0 Å². The van der Waals surface area contributed by atoms with Crippen LogP contribution in [0.1, 0.15) is 36.1 Å². The number of anilines is 2. The lowest BCUT2D eigenvalue weighted by molar-refractivity contribution is -0.138. The summed E-state index contributed by atoms with van der Waals surface area (Å²) in [5, 5.41) is 13.4. The molecule has 3 aromatic rings. The summed E-state index contributed by atoms with van der Waals surface area (Å²) in [4.78, 5) is 2.29. The molecule has 5 rings (SSSR count). The van der Waals surface area contributed by atoms with Crippen LogP contribution >= 0.6 is 0 Å². The molecule has 34 heavy (non-hydrogen) atoms. The quantitative estimate of drug-likeness (QED) is 0.569. The van der Waals surface area contributed by atoms with Gasteiger partial charge in [-0.3, -0.25) is 0 Å². The minimum absolute atomic E-state index is 0.210. The van der Waals surface area contributed by atoms with Crippen molar-refractivity contribution in [1.29, 1.82) is 0 Å². The van der Waals surface area contributed by atoms with E-state index >= 15 is 0 Å². The number of morpholine rings is 1. The van der Waals surface area contributed by atoms with Gasteiger partial charge < -0.3 is 19.7 Å². The third kappa shape index (κ3) is 4.30. The van der Waals surface area contributed by atoms with Crippen LogP contribution in [0.15, 0.2) is 42.6 Å². The molecular formula is C25H27F3N4O2. The molecule has 1 spiro atoms. The zero-order valence-corrected chi connectivity index (χ0v) is 19.2. The summed E-state index contributed by atoms with van der Waals surface area (Å²) in [5.41, 5.74) is 0.936. The second-order valence-corrected chi connectivity index (χ2v) is 9.10. The monoisotopic (exact) mass is 472 g/mol. The van der Waals surface area contributed by atoms with Crippen molar-refractivity contribution in [2.75, 3.05) is 43.1 Å². The largest absolute Gasteiger partial charge is 0.416 e. The standard InChI is InChI=1S/C25H27F3N4O2/c1-16-20(4-3-5-22(16)25(26,27)28)17(2)30-23-21-12-19(7-6-18(21)13-29-31-23)32-9-11-34-24(14-32)8-10-33-15-24/h3-7,12-13,17H,8-11,14-15H2,1-2H3,(H,30,31)/t17-,24?/m1/s1. The summed E-state index contributed by atoms with van der Waals surface area (Å²) in [5.74, 6) is 0.538. The first-order valence-corrected chi connectivity index (χ1v) is 11.4. The number of alkyl halides is 3. The number of halogens is 3. The van der Waals surface area contributed by atoms with Gasteiger partial charge in [0, 0.05) is 42.6 Å². The number of nitrogens with one attached hydrogen (secondary N) is 1. The first-order valence-electron chi connectivity index (χ1n) is 11.4. The Balaban J connectivity index is 1.44. The molecule has 1 N–H and O–H groups in total. The van der Waals surface area contributed by atoms with Gasteiger partial charge in [-0.2, -0.15) is 18.3 Å². The van der Waals surface area contributed by atoms with E-state index in [0.717, 1.165) is 42.0 Å². The lowest BCUT2D eigenvalue weighted by Crippen LogP contribution is -2.52. The van der Waals surface area contributed by atoms with Gasteiger partial charge in [0.05, 0.1) is 31.0 Å². The van der Waals surface area contributed by atoms with E-state index in [2.05, 4.69) is 32.5 Å². The fourth-order valence-corrected chi connectivity index (χ4v) is 4.97. The Kier molecular flexibility index (Phi) is 5.85. The maximum Gasteiger partial charge on any atom is 0.416 e. The Labute approximate surface area is 196 Å². The summed E-state index contributed by atoms with van der Waals surface area (Å²) in [6.07, 6.45) is -1.83. The highest BCUT2D eigenvalue weighted by atomic mass is 19.4. The van der Waals surface area contributed by atoms with Crippen LogP contribution in [0.5, 0.6) is 0 Å². The minimum Gasteiger partial charge on any atom is -0.378 e. The second-order valence-electron chi connectivity index (χ2n) is 9.10. The number of nitrogens with zero attached hydrogens (tertiary/aromatic N) is 3. The molecule has 0 amide bonds. The SMILES string of the molecule is Cc1c([C@@H](C)Nc2nncc3ccc(N4CCOC5(CCOC5)C4)cc23)cccc1C(F)(F)F. The molecule has 180 valence electrons. The highest BCUT2D eigenvalue weighted by Gasteiger charge is 2.40. The van der Waals surface area contributed by atoms with Gasteiger partial charge in [-0.15, -0.1) is 5.10 Å². The zero-order valence-electron chi connectivity index (χ0n) is 19.2. The van der Waals surface area contributed by atoms with E-state index in [1.54, 1.807) is 12.3 Å². The molecule has 0 saturated carbocycles. The predicted octanol–water partition coefficient (Wildman–Crippen LogP) is 5.13. The molecule has 1 aromatic heterocycles. The third-order valence-corrected chi connectivity index (χ3v) is 6.83. The first kappa shape index (κ1) is 22.9. The Hall–Kier alpha value is -2.91. The number of hydrogen-bond acceptors (Lipinski definition) is 6. The molecule has 2 aromatic carbocycles. The highest BCUT2D eigenvalue weighted by molar-refractivity contribution is 5.93. The number of rotatable bonds is 4. The van der Waals surface area contributed by atoms with Gasteiger partial charge >= 0.3 is 6.18 Å². The molecule has 0 aliphatic carbocycles. The van der Waals surface area contributed by atoms with Crippen molar-refractivity contribution in [2.45, 2.75) is 38.1 Å². The Morgan fingerprint density at radius 2 is 2.03 bits per heavy atom. The molecule has 2 fully saturated rings. The summed E-state index contributed by atoms with van der Waals surface area (Å²) in [6.45, 7) is 6.80. The summed E-state index contributed by atoms with van der Waals surface area (Å²) >= 11 is 0. The van der Waals surface area contributed by atoms with Gasteiger partial charge in [0.25, 0.3) is 0 Å². The molecule has 1 unspecified atom stereocenters. The summed E-state index contributed by atoms with van der Waals surface area (Å²) < 4.78 is 51.8. The van der Waals surface area contributed by atoms with Crippen LogP contribution in [0.2, 0.25) is 0 Å². The van der Waals surface area contributed by atoms with Crippen LogP contribution in [0, 0.1) is 6.92 Å². The smallest absolute Gasteiger partial charge is 0.378 e. The second kappa shape index (κ2) is 8.70. The predicted molar refractivity (Wildman–Crippen MR) is 124 cm³/mol. The van der Waals surface area contributed by atoms with Crippen molar-refractivity contribution in [3.8, 4) is 0 Å². The van der Waals surface area contributed by atoms with Crippen LogP contribution < -0.4 is 10.2 Å². The molecule has 0 bridgehead atoms. The third-order valence-electron chi connectivity index (χ3n) is 6.83. The molecule has 2 aliphatic rings. The molecule has 0 radical (unpaired) electrons. The van der Waals surface area contributed by atoms with Gasteiger partial charge in [0.2, 0.25) is 0 Å². The van der Waals surface area contributed by atoms with Crippen molar-refractivity contribution >= 4 is 22.3 Å². The van der Waals surface area contributed by atoms with Crippen molar-refractivity contribution in [3.05, 3.63) is 59.3 Å². The number of aromatic nitrogens is 2. The van der Waals surface area contributed by atoms with Gasteiger partial charge in [-0.05, 0) is 43.2 Å². The average molecular weight is 473 g/mol. The first-order chi connectivity index (χ1) is 16.3. The average Bonchev–Trinajstić information content (AvgIpc) is 3.25. The zero-order chi connectivity index (χ0) is 23.9. The van der Waals surface area contributed by atoms with Crippen molar-refractivity contribution in [1.82, 2.24) is 10.2 Å². The minimum atomic E-state index is -4.39. The van der Waals surface area contributed by atoms with Crippen LogP contribution in [0.25, 0.3) is 10.8 Å². The maximum atomic E-state index is 13.4. The van der Waals surface area contributed by atoms with Crippen molar-refractivity contribution in [2.24, 2.45) is 0 Å². The molecule has 3 heterocycles. The Morgan fingerprint density at radius 3 is 2.79 bits per heavy atom. The molecule has 2 atom stereocenters. The van der Waals surface area contributed by atoms with Gasteiger partial charge in [0.15, 0.2) is 5.82 Å². The molecule has 6 nitrogen and oxygen atoms in total. The highest BCUT2D eigenvalue weighted by Crippen LogP contribution is 2.36. The van der Waals surface area contributed by atoms with E-state index < -0.39 is 17.8 Å². The van der Waals surface area contributed by atoms with Crippen LogP contribution in [0.4, 0.5) is 24.7 Å². The lowest BCUT2D eigenvalue weighted by atomic mass is 9.97. The molecular weight excluding hydrogens is 445 g/mol. The van der Waals surface area contributed by atoms with Crippen LogP contribution in [-0.2, 0) is 15.7 Å². The van der Waals surface area contributed by atoms with Gasteiger partial charge in [0.1, 0.15) is 5.60 Å². The molecule has 2 aliphatic heterocycles. The van der Waals surface area contributed by atoms with Gasteiger partial charge in [-0.1, -0.05) is 18.2 Å². The van der Waals surface area contributed by atoms with E-state index in [4.69, 9.17) is 9.47 Å². The lowest BCUT2D eigenvalue weighted by Gasteiger charge is -2.40. The van der Waals surface area contributed by atoms with E-state index in [9.17, 15) is 13.2 Å². The Bertz CT molecular complexity index is 1190. The van der Waals surface area contributed by atoms with E-state index in [0.29, 0.717) is 31.2 Å². The van der Waals surface area contributed by atoms with E-state index in [1.807, 2.05) is 13.0 Å². The van der Waals surface area contributed by atoms with E-state index in [-0.39, 0.29) is 11.2 Å². The van der Waals surface area contributed by atoms with Crippen molar-refractivity contribution < 1.29 is 22.6 Å². The summed E-state index contributed by atoms with van der Waals surface area (Å²) in [7, 11) is 0.